The maximum Gasteiger partial charge on any atom is 0.325 e. The first kappa shape index (κ1) is 11.9. The number of esters is 1. The molecule has 2 rings (SSSR count). The summed E-state index contributed by atoms with van der Waals surface area (Å²) in [4.78, 5) is 15.4. The number of anilines is 1. The normalized spacial score (nSPS) is 9.78. The minimum atomic E-state index is -0.408. The summed E-state index contributed by atoms with van der Waals surface area (Å²) in [6.07, 6.45) is 0. The second kappa shape index (κ2) is 5.15. The number of rotatable bonds is 3. The van der Waals surface area contributed by atoms with Gasteiger partial charge in [-0.15, -0.1) is 0 Å². The van der Waals surface area contributed by atoms with Crippen LogP contribution in [0.3, 0.4) is 0 Å². The Morgan fingerprint density at radius 3 is 3.00 bits per heavy atom. The average molecular weight is 241 g/mol. The van der Waals surface area contributed by atoms with Gasteiger partial charge in [-0.3, -0.25) is 4.79 Å². The van der Waals surface area contributed by atoms with Gasteiger partial charge in [-0.25, -0.2) is 4.98 Å². The van der Waals surface area contributed by atoms with Crippen LogP contribution in [0.15, 0.2) is 30.3 Å². The molecule has 1 aromatic carbocycles. The lowest BCUT2D eigenvalue weighted by Gasteiger charge is -2.07. The molecule has 0 aliphatic heterocycles. The van der Waals surface area contributed by atoms with Gasteiger partial charge in [-0.05, 0) is 12.1 Å². The number of pyridine rings is 1. The number of fused-ring (bicyclic) bond motifs is 1. The van der Waals surface area contributed by atoms with Crippen LogP contribution in [-0.4, -0.2) is 24.6 Å². The fourth-order valence-electron chi connectivity index (χ4n) is 1.56. The van der Waals surface area contributed by atoms with E-state index in [2.05, 4.69) is 21.1 Å². The molecule has 0 bridgehead atoms. The molecule has 2 aromatic rings. The van der Waals surface area contributed by atoms with Crippen LogP contribution in [0.5, 0.6) is 0 Å². The monoisotopic (exact) mass is 241 g/mol. The molecular formula is C13H11N3O2. The highest BCUT2D eigenvalue weighted by Gasteiger charge is 2.08. The number of hydrogen-bond acceptors (Lipinski definition) is 5. The van der Waals surface area contributed by atoms with E-state index in [9.17, 15) is 4.79 Å². The minimum Gasteiger partial charge on any atom is -0.468 e. The lowest BCUT2D eigenvalue weighted by atomic mass is 10.1. The van der Waals surface area contributed by atoms with E-state index in [0.717, 1.165) is 10.9 Å². The number of carbonyl (C=O) groups excluding carboxylic acids is 1. The van der Waals surface area contributed by atoms with Gasteiger partial charge in [0, 0.05) is 5.39 Å². The molecular weight excluding hydrogens is 230 g/mol. The SMILES string of the molecule is COC(=O)CNc1nc2ccccc2cc1C#N. The molecule has 0 saturated carbocycles. The Hall–Kier alpha value is -2.61. The number of carbonyl (C=O) groups is 1. The summed E-state index contributed by atoms with van der Waals surface area (Å²) >= 11 is 0. The van der Waals surface area contributed by atoms with Crippen molar-refractivity contribution >= 4 is 22.7 Å². The Kier molecular flexibility index (Phi) is 3.39. The molecule has 0 atom stereocenters. The highest BCUT2D eigenvalue weighted by molar-refractivity contribution is 5.83. The zero-order chi connectivity index (χ0) is 13.0. The first-order valence-electron chi connectivity index (χ1n) is 5.35. The predicted molar refractivity (Wildman–Crippen MR) is 67.0 cm³/mol. The van der Waals surface area contributed by atoms with Gasteiger partial charge in [0.15, 0.2) is 0 Å². The second-order valence-corrected chi connectivity index (χ2v) is 3.62. The predicted octanol–water partition coefficient (Wildman–Crippen LogP) is 1.69. The van der Waals surface area contributed by atoms with E-state index in [-0.39, 0.29) is 6.54 Å². The van der Waals surface area contributed by atoms with Crippen molar-refractivity contribution in [2.24, 2.45) is 0 Å². The smallest absolute Gasteiger partial charge is 0.325 e. The number of nitrogens with one attached hydrogen (secondary N) is 1. The van der Waals surface area contributed by atoms with Crippen LogP contribution < -0.4 is 5.32 Å². The number of hydrogen-bond donors (Lipinski definition) is 1. The number of nitriles is 1. The fourth-order valence-corrected chi connectivity index (χ4v) is 1.56. The van der Waals surface area contributed by atoms with E-state index >= 15 is 0 Å². The van der Waals surface area contributed by atoms with Crippen LogP contribution in [0.4, 0.5) is 5.82 Å². The summed E-state index contributed by atoms with van der Waals surface area (Å²) in [7, 11) is 1.31. The molecule has 0 unspecified atom stereocenters. The zero-order valence-electron chi connectivity index (χ0n) is 9.80. The van der Waals surface area contributed by atoms with E-state index in [1.54, 1.807) is 6.07 Å². The number of nitrogens with zero attached hydrogens (tertiary/aromatic N) is 2. The van der Waals surface area contributed by atoms with Gasteiger partial charge in [0.1, 0.15) is 18.4 Å². The quantitative estimate of drug-likeness (QED) is 0.827. The Labute approximate surface area is 104 Å². The number of methoxy groups -OCH3 is 1. The highest BCUT2D eigenvalue weighted by Crippen LogP contribution is 2.19. The summed E-state index contributed by atoms with van der Waals surface area (Å²) in [5, 5.41) is 12.7. The van der Waals surface area contributed by atoms with Crippen LogP contribution in [0.2, 0.25) is 0 Å². The molecule has 0 spiro atoms. The minimum absolute atomic E-state index is 0.0173. The third kappa shape index (κ3) is 2.38. The molecule has 0 aliphatic carbocycles. The van der Waals surface area contributed by atoms with Crippen LogP contribution in [-0.2, 0) is 9.53 Å². The lowest BCUT2D eigenvalue weighted by molar-refractivity contribution is -0.138. The third-order valence-corrected chi connectivity index (χ3v) is 2.47. The Bertz CT molecular complexity index is 632. The van der Waals surface area contributed by atoms with Crippen LogP contribution in [0, 0.1) is 11.3 Å². The summed E-state index contributed by atoms with van der Waals surface area (Å²) in [6.45, 7) is -0.0173. The number of aromatic nitrogens is 1. The molecule has 1 aromatic heterocycles. The van der Waals surface area contributed by atoms with Crippen molar-refractivity contribution in [1.29, 1.82) is 5.26 Å². The summed E-state index contributed by atoms with van der Waals surface area (Å²) in [5.74, 6) is -0.0181. The highest BCUT2D eigenvalue weighted by atomic mass is 16.5. The van der Waals surface area contributed by atoms with Crippen molar-refractivity contribution in [2.45, 2.75) is 0 Å². The summed E-state index contributed by atoms with van der Waals surface area (Å²) < 4.78 is 4.52. The van der Waals surface area contributed by atoms with Gasteiger partial charge in [-0.2, -0.15) is 5.26 Å². The van der Waals surface area contributed by atoms with Crippen molar-refractivity contribution in [2.75, 3.05) is 19.0 Å². The summed E-state index contributed by atoms with van der Waals surface area (Å²) in [5.41, 5.74) is 1.17. The van der Waals surface area contributed by atoms with Crippen LogP contribution in [0.1, 0.15) is 5.56 Å². The maximum absolute atomic E-state index is 11.1. The molecule has 0 fully saturated rings. The molecule has 0 amide bonds. The van der Waals surface area contributed by atoms with Gasteiger partial charge in [0.25, 0.3) is 0 Å². The Balaban J connectivity index is 2.36. The molecule has 18 heavy (non-hydrogen) atoms. The van der Waals surface area contributed by atoms with E-state index in [1.165, 1.54) is 7.11 Å². The Morgan fingerprint density at radius 2 is 2.28 bits per heavy atom. The maximum atomic E-state index is 11.1. The fraction of sp³-hybridized carbons (Fsp3) is 0.154. The molecule has 5 heteroatoms. The standard InChI is InChI=1S/C13H11N3O2/c1-18-12(17)8-15-13-10(7-14)6-9-4-2-3-5-11(9)16-13/h2-6H,8H2,1H3,(H,15,16). The number of ether oxygens (including phenoxy) is 1. The van der Waals surface area contributed by atoms with Gasteiger partial charge in [-0.1, -0.05) is 18.2 Å². The summed E-state index contributed by atoms with van der Waals surface area (Å²) in [6, 6.07) is 11.3. The van der Waals surface area contributed by atoms with Gasteiger partial charge in [0.05, 0.1) is 18.2 Å². The molecule has 0 saturated heterocycles. The second-order valence-electron chi connectivity index (χ2n) is 3.62. The molecule has 1 heterocycles. The van der Waals surface area contributed by atoms with Crippen molar-refractivity contribution in [3.05, 3.63) is 35.9 Å². The van der Waals surface area contributed by atoms with Gasteiger partial charge in [0.2, 0.25) is 0 Å². The van der Waals surface area contributed by atoms with E-state index < -0.39 is 5.97 Å². The van der Waals surface area contributed by atoms with Crippen LogP contribution >= 0.6 is 0 Å². The van der Waals surface area contributed by atoms with E-state index in [0.29, 0.717) is 11.4 Å². The average Bonchev–Trinajstić information content (AvgIpc) is 2.43. The molecule has 1 N–H and O–H groups in total. The first-order valence-corrected chi connectivity index (χ1v) is 5.35. The van der Waals surface area contributed by atoms with Crippen molar-refractivity contribution < 1.29 is 9.53 Å². The Morgan fingerprint density at radius 1 is 1.50 bits per heavy atom. The molecule has 0 radical (unpaired) electrons. The largest absolute Gasteiger partial charge is 0.468 e. The van der Waals surface area contributed by atoms with E-state index in [4.69, 9.17) is 5.26 Å². The topological polar surface area (TPSA) is 75.0 Å². The first-order chi connectivity index (χ1) is 8.74. The number of benzene rings is 1. The van der Waals surface area contributed by atoms with Crippen molar-refractivity contribution in [1.82, 2.24) is 4.98 Å². The molecule has 90 valence electrons. The van der Waals surface area contributed by atoms with Crippen LogP contribution in [0.25, 0.3) is 10.9 Å². The number of para-hydroxylation sites is 1. The lowest BCUT2D eigenvalue weighted by Crippen LogP contribution is -2.16. The van der Waals surface area contributed by atoms with E-state index in [1.807, 2.05) is 24.3 Å². The zero-order valence-corrected chi connectivity index (χ0v) is 9.80. The van der Waals surface area contributed by atoms with Crippen molar-refractivity contribution in [3.8, 4) is 6.07 Å². The van der Waals surface area contributed by atoms with Gasteiger partial charge < -0.3 is 10.1 Å². The van der Waals surface area contributed by atoms with Crippen molar-refractivity contribution in [3.63, 3.8) is 0 Å². The van der Waals surface area contributed by atoms with Gasteiger partial charge >= 0.3 is 5.97 Å². The third-order valence-electron chi connectivity index (χ3n) is 2.47. The molecule has 0 aliphatic rings. The molecule has 5 nitrogen and oxygen atoms in total.